The van der Waals surface area contributed by atoms with E-state index in [0.29, 0.717) is 19.8 Å². The smallest absolute Gasteiger partial charge is 0.303 e. The van der Waals surface area contributed by atoms with E-state index >= 15 is 0 Å². The molecule has 0 N–H and O–H groups in total. The molecule has 1 aliphatic rings. The minimum atomic E-state index is -0.640. The summed E-state index contributed by atoms with van der Waals surface area (Å²) in [5.74, 6) is -0.352. The lowest BCUT2D eigenvalue weighted by atomic mass is 10.1. The molecule has 0 unspecified atom stereocenters. The molecule has 6 heteroatoms. The zero-order chi connectivity index (χ0) is 25.6. The molecule has 1 saturated heterocycles. The van der Waals surface area contributed by atoms with Gasteiger partial charge in [0.15, 0.2) is 11.9 Å². The summed E-state index contributed by atoms with van der Waals surface area (Å²) in [7, 11) is 0. The summed E-state index contributed by atoms with van der Waals surface area (Å²) in [6.45, 7) is 6.58. The van der Waals surface area contributed by atoms with Crippen molar-refractivity contribution in [3.63, 3.8) is 0 Å². The van der Waals surface area contributed by atoms with Crippen LogP contribution in [0.1, 0.15) is 37.8 Å². The summed E-state index contributed by atoms with van der Waals surface area (Å²) in [5.41, 5.74) is 2.79. The van der Waals surface area contributed by atoms with Gasteiger partial charge in [0.05, 0.1) is 19.8 Å². The van der Waals surface area contributed by atoms with Crippen molar-refractivity contribution in [1.82, 2.24) is 4.90 Å². The Morgan fingerprint density at radius 3 is 2.11 bits per heavy atom. The number of carbonyl (C=O) groups is 2. The summed E-state index contributed by atoms with van der Waals surface area (Å²) >= 11 is 0. The van der Waals surface area contributed by atoms with Crippen LogP contribution in [0.5, 0.6) is 0 Å². The molecule has 1 aliphatic heterocycles. The summed E-state index contributed by atoms with van der Waals surface area (Å²) < 4.78 is 17.7. The first kappa shape index (κ1) is 27.5. The molecule has 0 amide bonds. The lowest BCUT2D eigenvalue weighted by Crippen LogP contribution is -2.35. The molecule has 2 aromatic rings. The van der Waals surface area contributed by atoms with Gasteiger partial charge in [-0.05, 0) is 44.0 Å². The summed E-state index contributed by atoms with van der Waals surface area (Å²) in [5, 5.41) is 0. The maximum atomic E-state index is 12.2. The van der Waals surface area contributed by atoms with E-state index < -0.39 is 18.2 Å². The second kappa shape index (κ2) is 15.1. The summed E-state index contributed by atoms with van der Waals surface area (Å²) in [6.07, 6.45) is 6.66. The number of esters is 1. The molecule has 36 heavy (non-hydrogen) atoms. The summed E-state index contributed by atoms with van der Waals surface area (Å²) in [6, 6.07) is 19.7. The molecule has 2 atom stereocenters. The van der Waals surface area contributed by atoms with Crippen molar-refractivity contribution in [2.24, 2.45) is 0 Å². The molecule has 1 heterocycles. The van der Waals surface area contributed by atoms with Crippen molar-refractivity contribution < 1.29 is 23.8 Å². The number of carbonyl (C=O) groups excluding carboxylic acids is 2. The Hall–Kier alpha value is -3.06. The van der Waals surface area contributed by atoms with E-state index in [4.69, 9.17) is 14.2 Å². The largest absolute Gasteiger partial charge is 0.457 e. The predicted molar refractivity (Wildman–Crippen MR) is 140 cm³/mol. The molecular weight excluding hydrogens is 454 g/mol. The van der Waals surface area contributed by atoms with Crippen molar-refractivity contribution in [3.05, 3.63) is 95.6 Å². The fraction of sp³-hybridized carbons (Fsp3) is 0.400. The molecular formula is C30H37NO5. The second-order valence-corrected chi connectivity index (χ2v) is 9.03. The highest BCUT2D eigenvalue weighted by molar-refractivity contribution is 5.94. The van der Waals surface area contributed by atoms with Gasteiger partial charge in [0.2, 0.25) is 0 Å². The van der Waals surface area contributed by atoms with Crippen LogP contribution < -0.4 is 0 Å². The van der Waals surface area contributed by atoms with Crippen molar-refractivity contribution in [1.29, 1.82) is 0 Å². The van der Waals surface area contributed by atoms with Gasteiger partial charge >= 0.3 is 5.97 Å². The number of Topliss-reactive ketones (excluding diaryl/α,β-unsaturated/α-hetero) is 1. The van der Waals surface area contributed by atoms with Crippen LogP contribution >= 0.6 is 0 Å². The molecule has 0 saturated carbocycles. The molecule has 2 aromatic carbocycles. The lowest BCUT2D eigenvalue weighted by Gasteiger charge is -2.25. The van der Waals surface area contributed by atoms with Gasteiger partial charge in [0.25, 0.3) is 0 Å². The number of benzene rings is 2. The molecule has 1 fully saturated rings. The Bertz CT molecular complexity index is 997. The molecule has 3 rings (SSSR count). The van der Waals surface area contributed by atoms with Crippen LogP contribution in [0.15, 0.2) is 84.5 Å². The van der Waals surface area contributed by atoms with E-state index in [2.05, 4.69) is 4.90 Å². The van der Waals surface area contributed by atoms with Crippen LogP contribution in [0.3, 0.4) is 0 Å². The van der Waals surface area contributed by atoms with Gasteiger partial charge in [-0.15, -0.1) is 0 Å². The van der Waals surface area contributed by atoms with E-state index in [-0.39, 0.29) is 12.4 Å². The Kier molecular flexibility index (Phi) is 11.6. The predicted octanol–water partition coefficient (Wildman–Crippen LogP) is 4.89. The standard InChI is InChI=1S/C30H37NO5/c1-24(32)28(20-31-18-9-10-19-31)16-11-17-29(35-22-27-14-7-4-8-15-27)30(36-25(2)33)23-34-21-26-12-5-3-6-13-26/h3-8,11-17,29-30H,9-10,18-23H2,1-2H3/b17-11+,28-16+/t29-,30+/m1/s1. The van der Waals surface area contributed by atoms with Crippen LogP contribution in [0.4, 0.5) is 0 Å². The van der Waals surface area contributed by atoms with Crippen molar-refractivity contribution >= 4 is 11.8 Å². The Morgan fingerprint density at radius 1 is 0.917 bits per heavy atom. The Morgan fingerprint density at radius 2 is 1.53 bits per heavy atom. The van der Waals surface area contributed by atoms with E-state index in [0.717, 1.165) is 29.8 Å². The Labute approximate surface area is 214 Å². The van der Waals surface area contributed by atoms with E-state index in [1.165, 1.54) is 19.8 Å². The van der Waals surface area contributed by atoms with Gasteiger partial charge in [-0.3, -0.25) is 14.5 Å². The number of allylic oxidation sites excluding steroid dienone is 2. The van der Waals surface area contributed by atoms with E-state index in [1.54, 1.807) is 6.92 Å². The molecule has 6 nitrogen and oxygen atoms in total. The van der Waals surface area contributed by atoms with Crippen LogP contribution in [-0.4, -0.2) is 55.1 Å². The number of likely N-dealkylation sites (tertiary alicyclic amines) is 1. The third-order valence-corrected chi connectivity index (χ3v) is 6.01. The number of ether oxygens (including phenoxy) is 3. The summed E-state index contributed by atoms with van der Waals surface area (Å²) in [4.78, 5) is 26.4. The van der Waals surface area contributed by atoms with Gasteiger partial charge in [-0.1, -0.05) is 78.9 Å². The quantitative estimate of drug-likeness (QED) is 0.213. The molecule has 192 valence electrons. The topological polar surface area (TPSA) is 65.1 Å². The number of nitrogens with zero attached hydrogens (tertiary/aromatic N) is 1. The highest BCUT2D eigenvalue weighted by atomic mass is 16.6. The fourth-order valence-corrected chi connectivity index (χ4v) is 4.07. The number of hydrogen-bond donors (Lipinski definition) is 0. The van der Waals surface area contributed by atoms with Crippen molar-refractivity contribution in [2.75, 3.05) is 26.2 Å². The maximum absolute atomic E-state index is 12.2. The molecule has 0 aromatic heterocycles. The molecule has 0 spiro atoms. The maximum Gasteiger partial charge on any atom is 0.303 e. The molecule has 0 bridgehead atoms. The van der Waals surface area contributed by atoms with Gasteiger partial charge in [0.1, 0.15) is 6.10 Å². The average molecular weight is 492 g/mol. The van der Waals surface area contributed by atoms with Gasteiger partial charge in [-0.25, -0.2) is 0 Å². The zero-order valence-electron chi connectivity index (χ0n) is 21.3. The fourth-order valence-electron chi connectivity index (χ4n) is 4.07. The minimum Gasteiger partial charge on any atom is -0.457 e. The first-order chi connectivity index (χ1) is 17.5. The van der Waals surface area contributed by atoms with Crippen LogP contribution in [0, 0.1) is 0 Å². The highest BCUT2D eigenvalue weighted by Crippen LogP contribution is 2.15. The molecule has 0 aliphatic carbocycles. The van der Waals surface area contributed by atoms with Crippen LogP contribution in [0.2, 0.25) is 0 Å². The third kappa shape index (κ3) is 9.90. The van der Waals surface area contributed by atoms with Crippen molar-refractivity contribution in [2.45, 2.75) is 52.1 Å². The second-order valence-electron chi connectivity index (χ2n) is 9.03. The van der Waals surface area contributed by atoms with Gasteiger partial charge in [-0.2, -0.15) is 0 Å². The normalized spacial score (nSPS) is 16.2. The van der Waals surface area contributed by atoms with Crippen LogP contribution in [-0.2, 0) is 37.0 Å². The monoisotopic (exact) mass is 491 g/mol. The van der Waals surface area contributed by atoms with Gasteiger partial charge < -0.3 is 14.2 Å². The zero-order valence-corrected chi connectivity index (χ0v) is 21.3. The average Bonchev–Trinajstić information content (AvgIpc) is 3.39. The molecule has 0 radical (unpaired) electrons. The van der Waals surface area contributed by atoms with Crippen LogP contribution in [0.25, 0.3) is 0 Å². The minimum absolute atomic E-state index is 0.0519. The number of hydrogen-bond acceptors (Lipinski definition) is 6. The van der Waals surface area contributed by atoms with E-state index in [1.807, 2.05) is 78.9 Å². The number of rotatable bonds is 14. The van der Waals surface area contributed by atoms with Gasteiger partial charge in [0, 0.05) is 19.0 Å². The SMILES string of the molecule is CC(=O)O[C@@H](COCc1ccccc1)[C@@H](/C=C/C=C(\CN1CCCC1)C(C)=O)OCc1ccccc1. The first-order valence-corrected chi connectivity index (χ1v) is 12.6. The Balaban J connectivity index is 1.73. The highest BCUT2D eigenvalue weighted by Gasteiger charge is 2.24. The lowest BCUT2D eigenvalue weighted by molar-refractivity contribution is -0.158. The van der Waals surface area contributed by atoms with E-state index in [9.17, 15) is 9.59 Å². The first-order valence-electron chi connectivity index (χ1n) is 12.6. The number of ketones is 1. The third-order valence-electron chi connectivity index (χ3n) is 6.01. The van der Waals surface area contributed by atoms with Crippen molar-refractivity contribution in [3.8, 4) is 0 Å².